The van der Waals surface area contributed by atoms with Crippen molar-refractivity contribution in [3.63, 3.8) is 0 Å². The molecule has 20 heavy (non-hydrogen) atoms. The van der Waals surface area contributed by atoms with E-state index in [9.17, 15) is 0 Å². The molecule has 2 N–H and O–H groups in total. The first-order chi connectivity index (χ1) is 9.72. The van der Waals surface area contributed by atoms with Gasteiger partial charge in [-0.1, -0.05) is 32.0 Å². The Morgan fingerprint density at radius 1 is 1.15 bits per heavy atom. The highest BCUT2D eigenvalue weighted by molar-refractivity contribution is 5.35. The molecule has 4 nitrogen and oxygen atoms in total. The lowest BCUT2D eigenvalue weighted by Crippen LogP contribution is -2.21. The highest BCUT2D eigenvalue weighted by atomic mass is 16.5. The van der Waals surface area contributed by atoms with Gasteiger partial charge in [0.1, 0.15) is 5.75 Å². The number of nitrogens with two attached hydrogens (primary N) is 1. The molecule has 1 heterocycles. The minimum absolute atomic E-state index is 0.159. The minimum atomic E-state index is 0.159. The molecule has 2 aromatic rings. The van der Waals surface area contributed by atoms with Crippen molar-refractivity contribution in [1.29, 1.82) is 0 Å². The summed E-state index contributed by atoms with van der Waals surface area (Å²) in [4.78, 5) is 8.50. The van der Waals surface area contributed by atoms with Crippen molar-refractivity contribution in [3.8, 4) is 11.8 Å². The Morgan fingerprint density at radius 3 is 2.50 bits per heavy atom. The SMILES string of the molecule is CCc1ccccc1Oc1ncc(CC(N)CC)cn1. The normalized spacial score (nSPS) is 12.2. The molecule has 0 bridgehead atoms. The van der Waals surface area contributed by atoms with E-state index in [2.05, 4.69) is 23.8 Å². The summed E-state index contributed by atoms with van der Waals surface area (Å²) in [7, 11) is 0. The molecule has 0 amide bonds. The molecular weight excluding hydrogens is 250 g/mol. The van der Waals surface area contributed by atoms with E-state index < -0.39 is 0 Å². The molecule has 0 saturated heterocycles. The van der Waals surface area contributed by atoms with Gasteiger partial charge < -0.3 is 10.5 Å². The van der Waals surface area contributed by atoms with Crippen molar-refractivity contribution in [2.24, 2.45) is 5.73 Å². The quantitative estimate of drug-likeness (QED) is 0.877. The molecule has 0 aliphatic rings. The molecule has 0 fully saturated rings. The Balaban J connectivity index is 2.07. The van der Waals surface area contributed by atoms with Crippen LogP contribution in [0.5, 0.6) is 11.8 Å². The van der Waals surface area contributed by atoms with E-state index in [1.807, 2.05) is 24.3 Å². The zero-order valence-corrected chi connectivity index (χ0v) is 12.0. The summed E-state index contributed by atoms with van der Waals surface area (Å²) in [5.41, 5.74) is 8.10. The number of hydrogen-bond acceptors (Lipinski definition) is 4. The van der Waals surface area contributed by atoms with E-state index in [0.29, 0.717) is 6.01 Å². The molecule has 4 heteroatoms. The zero-order chi connectivity index (χ0) is 14.4. The van der Waals surface area contributed by atoms with E-state index in [1.54, 1.807) is 12.4 Å². The number of para-hydroxylation sites is 1. The second-order valence-electron chi connectivity index (χ2n) is 4.81. The van der Waals surface area contributed by atoms with Crippen LogP contribution in [0.15, 0.2) is 36.7 Å². The first kappa shape index (κ1) is 14.5. The number of hydrogen-bond donors (Lipinski definition) is 1. The second-order valence-corrected chi connectivity index (χ2v) is 4.81. The third-order valence-corrected chi connectivity index (χ3v) is 3.26. The first-order valence-electron chi connectivity index (χ1n) is 7.05. The van der Waals surface area contributed by atoms with Gasteiger partial charge in [0.2, 0.25) is 0 Å². The topological polar surface area (TPSA) is 61.0 Å². The minimum Gasteiger partial charge on any atom is -0.424 e. The van der Waals surface area contributed by atoms with Crippen molar-refractivity contribution in [3.05, 3.63) is 47.8 Å². The predicted octanol–water partition coefficient (Wildman–Crippen LogP) is 3.11. The van der Waals surface area contributed by atoms with E-state index in [0.717, 1.165) is 36.1 Å². The van der Waals surface area contributed by atoms with Gasteiger partial charge >= 0.3 is 6.01 Å². The van der Waals surface area contributed by atoms with E-state index >= 15 is 0 Å². The smallest absolute Gasteiger partial charge is 0.321 e. The van der Waals surface area contributed by atoms with E-state index in [4.69, 9.17) is 10.5 Å². The number of benzene rings is 1. The van der Waals surface area contributed by atoms with Crippen LogP contribution in [0.25, 0.3) is 0 Å². The third-order valence-electron chi connectivity index (χ3n) is 3.26. The average molecular weight is 271 g/mol. The van der Waals surface area contributed by atoms with Crippen molar-refractivity contribution in [2.75, 3.05) is 0 Å². The first-order valence-corrected chi connectivity index (χ1v) is 7.05. The van der Waals surface area contributed by atoms with Crippen LogP contribution in [-0.2, 0) is 12.8 Å². The van der Waals surface area contributed by atoms with Crippen molar-refractivity contribution in [2.45, 2.75) is 39.2 Å². The molecular formula is C16H21N3O. The van der Waals surface area contributed by atoms with Crippen LogP contribution in [0.2, 0.25) is 0 Å². The molecule has 0 saturated carbocycles. The fraction of sp³-hybridized carbons (Fsp3) is 0.375. The summed E-state index contributed by atoms with van der Waals surface area (Å²) in [5, 5.41) is 0. The summed E-state index contributed by atoms with van der Waals surface area (Å²) >= 11 is 0. The molecule has 2 rings (SSSR count). The van der Waals surface area contributed by atoms with Gasteiger partial charge in [-0.3, -0.25) is 0 Å². The molecule has 1 aromatic carbocycles. The monoisotopic (exact) mass is 271 g/mol. The number of nitrogens with zero attached hydrogens (tertiary/aromatic N) is 2. The van der Waals surface area contributed by atoms with Crippen molar-refractivity contribution in [1.82, 2.24) is 9.97 Å². The molecule has 1 unspecified atom stereocenters. The molecule has 0 spiro atoms. The molecule has 0 radical (unpaired) electrons. The zero-order valence-electron chi connectivity index (χ0n) is 12.0. The Bertz CT molecular complexity index is 540. The summed E-state index contributed by atoms with van der Waals surface area (Å²) in [6, 6.07) is 8.46. The van der Waals surface area contributed by atoms with E-state index in [-0.39, 0.29) is 6.04 Å². The maximum absolute atomic E-state index is 5.92. The van der Waals surface area contributed by atoms with Crippen LogP contribution < -0.4 is 10.5 Å². The van der Waals surface area contributed by atoms with E-state index in [1.165, 1.54) is 0 Å². The van der Waals surface area contributed by atoms with Crippen LogP contribution in [0, 0.1) is 0 Å². The average Bonchev–Trinajstić information content (AvgIpc) is 2.49. The fourth-order valence-corrected chi connectivity index (χ4v) is 1.94. The molecule has 1 atom stereocenters. The maximum Gasteiger partial charge on any atom is 0.321 e. The van der Waals surface area contributed by atoms with Gasteiger partial charge in [-0.05, 0) is 36.5 Å². The summed E-state index contributed by atoms with van der Waals surface area (Å²) in [5.74, 6) is 0.813. The van der Waals surface area contributed by atoms with Crippen molar-refractivity contribution < 1.29 is 4.74 Å². The third kappa shape index (κ3) is 3.78. The summed E-state index contributed by atoms with van der Waals surface area (Å²) in [6.45, 7) is 4.17. The van der Waals surface area contributed by atoms with Gasteiger partial charge in [0.25, 0.3) is 0 Å². The van der Waals surface area contributed by atoms with Crippen molar-refractivity contribution >= 4 is 0 Å². The van der Waals surface area contributed by atoms with Crippen LogP contribution in [-0.4, -0.2) is 16.0 Å². The lowest BCUT2D eigenvalue weighted by Gasteiger charge is -2.10. The highest BCUT2D eigenvalue weighted by Crippen LogP contribution is 2.22. The number of rotatable bonds is 6. The highest BCUT2D eigenvalue weighted by Gasteiger charge is 2.06. The van der Waals surface area contributed by atoms with Gasteiger partial charge in [-0.2, -0.15) is 0 Å². The Kier molecular flexibility index (Phi) is 5.07. The largest absolute Gasteiger partial charge is 0.424 e. The summed E-state index contributed by atoms with van der Waals surface area (Å²) in [6.07, 6.45) is 6.23. The Morgan fingerprint density at radius 2 is 1.85 bits per heavy atom. The number of aromatic nitrogens is 2. The molecule has 106 valence electrons. The van der Waals surface area contributed by atoms with Crippen LogP contribution >= 0.6 is 0 Å². The predicted molar refractivity (Wildman–Crippen MR) is 79.9 cm³/mol. The van der Waals surface area contributed by atoms with Crippen LogP contribution in [0.3, 0.4) is 0 Å². The van der Waals surface area contributed by atoms with Crippen LogP contribution in [0.1, 0.15) is 31.4 Å². The Labute approximate surface area is 120 Å². The van der Waals surface area contributed by atoms with Gasteiger partial charge in [-0.15, -0.1) is 0 Å². The lowest BCUT2D eigenvalue weighted by atomic mass is 10.1. The Hall–Kier alpha value is -1.94. The maximum atomic E-state index is 5.92. The molecule has 1 aromatic heterocycles. The van der Waals surface area contributed by atoms with Gasteiger partial charge in [-0.25, -0.2) is 9.97 Å². The number of aryl methyl sites for hydroxylation is 1. The standard InChI is InChI=1S/C16H21N3O/c1-3-13-7-5-6-8-15(13)20-16-18-10-12(11-19-16)9-14(17)4-2/h5-8,10-11,14H,3-4,9,17H2,1-2H3. The second kappa shape index (κ2) is 7.01. The van der Waals surface area contributed by atoms with Gasteiger partial charge in [0, 0.05) is 18.4 Å². The number of ether oxygens (including phenoxy) is 1. The molecule has 0 aliphatic heterocycles. The van der Waals surface area contributed by atoms with Gasteiger partial charge in [0.15, 0.2) is 0 Å². The molecule has 0 aliphatic carbocycles. The van der Waals surface area contributed by atoms with Gasteiger partial charge in [0.05, 0.1) is 0 Å². The summed E-state index contributed by atoms with van der Waals surface area (Å²) < 4.78 is 5.73. The fourth-order valence-electron chi connectivity index (χ4n) is 1.94. The lowest BCUT2D eigenvalue weighted by molar-refractivity contribution is 0.436. The van der Waals surface area contributed by atoms with Crippen LogP contribution in [0.4, 0.5) is 0 Å².